The standard InChI is InChI=1S/C17H32N2S/c20-15-17(8-2-3-9-17)14-18-12-6-16(7-13-18)19-10-4-1-5-11-19/h16,20H,1-15H2. The maximum absolute atomic E-state index is 4.67. The minimum atomic E-state index is 0.557. The summed E-state index contributed by atoms with van der Waals surface area (Å²) < 4.78 is 0. The van der Waals surface area contributed by atoms with Crippen LogP contribution in [0.5, 0.6) is 0 Å². The van der Waals surface area contributed by atoms with Crippen LogP contribution in [-0.2, 0) is 0 Å². The lowest BCUT2D eigenvalue weighted by Gasteiger charge is -2.42. The minimum Gasteiger partial charge on any atom is -0.303 e. The van der Waals surface area contributed by atoms with Gasteiger partial charge in [0.05, 0.1) is 0 Å². The smallest absolute Gasteiger partial charge is 0.0120 e. The van der Waals surface area contributed by atoms with Gasteiger partial charge in [0, 0.05) is 12.6 Å². The van der Waals surface area contributed by atoms with E-state index in [0.717, 1.165) is 11.8 Å². The van der Waals surface area contributed by atoms with Crippen molar-refractivity contribution >= 4 is 12.6 Å². The fourth-order valence-corrected chi connectivity index (χ4v) is 5.11. The van der Waals surface area contributed by atoms with Crippen molar-refractivity contribution in [3.05, 3.63) is 0 Å². The third kappa shape index (κ3) is 3.53. The highest BCUT2D eigenvalue weighted by atomic mass is 32.1. The number of thiol groups is 1. The fraction of sp³-hybridized carbons (Fsp3) is 1.00. The predicted octanol–water partition coefficient (Wildman–Crippen LogP) is 3.43. The van der Waals surface area contributed by atoms with Gasteiger partial charge < -0.3 is 9.80 Å². The molecule has 0 aromatic heterocycles. The van der Waals surface area contributed by atoms with Crippen LogP contribution in [0.3, 0.4) is 0 Å². The Bertz CT molecular complexity index is 287. The van der Waals surface area contributed by atoms with Crippen LogP contribution in [-0.4, -0.2) is 54.3 Å². The lowest BCUT2D eigenvalue weighted by Crippen LogP contribution is -2.49. The van der Waals surface area contributed by atoms with Gasteiger partial charge in [0.2, 0.25) is 0 Å². The molecule has 0 spiro atoms. The molecule has 2 heterocycles. The molecule has 2 nitrogen and oxygen atoms in total. The van der Waals surface area contributed by atoms with E-state index < -0.39 is 0 Å². The molecule has 0 N–H and O–H groups in total. The molecule has 0 aromatic carbocycles. The summed E-state index contributed by atoms with van der Waals surface area (Å²) in [5.74, 6) is 1.10. The van der Waals surface area contributed by atoms with Crippen molar-refractivity contribution < 1.29 is 0 Å². The van der Waals surface area contributed by atoms with Crippen LogP contribution in [0.2, 0.25) is 0 Å². The summed E-state index contributed by atoms with van der Waals surface area (Å²) >= 11 is 4.67. The van der Waals surface area contributed by atoms with E-state index in [1.165, 1.54) is 90.5 Å². The minimum absolute atomic E-state index is 0.557. The summed E-state index contributed by atoms with van der Waals surface area (Å²) in [5, 5.41) is 0. The van der Waals surface area contributed by atoms with Crippen molar-refractivity contribution in [1.82, 2.24) is 9.80 Å². The average Bonchev–Trinajstić information content (AvgIpc) is 2.98. The molecule has 3 fully saturated rings. The van der Waals surface area contributed by atoms with E-state index in [9.17, 15) is 0 Å². The first-order chi connectivity index (χ1) is 9.81. The molecular weight excluding hydrogens is 264 g/mol. The SMILES string of the molecule is SCC1(CN2CCC(N3CCCCC3)CC2)CCCC1. The second kappa shape index (κ2) is 7.02. The number of hydrogen-bond acceptors (Lipinski definition) is 3. The van der Waals surface area contributed by atoms with Gasteiger partial charge in [-0.3, -0.25) is 0 Å². The Morgan fingerprint density at radius 2 is 1.50 bits per heavy atom. The van der Waals surface area contributed by atoms with Gasteiger partial charge in [0.25, 0.3) is 0 Å². The van der Waals surface area contributed by atoms with Gasteiger partial charge >= 0.3 is 0 Å². The molecule has 0 unspecified atom stereocenters. The van der Waals surface area contributed by atoms with E-state index in [4.69, 9.17) is 0 Å². The van der Waals surface area contributed by atoms with Gasteiger partial charge in [-0.1, -0.05) is 19.3 Å². The van der Waals surface area contributed by atoms with Gasteiger partial charge in [-0.05, 0) is 75.9 Å². The number of rotatable bonds is 4. The zero-order valence-corrected chi connectivity index (χ0v) is 13.9. The lowest BCUT2D eigenvalue weighted by molar-refractivity contribution is 0.0728. The van der Waals surface area contributed by atoms with Crippen LogP contribution in [0.1, 0.15) is 57.8 Å². The second-order valence-electron chi connectivity index (χ2n) is 7.47. The van der Waals surface area contributed by atoms with Crippen LogP contribution >= 0.6 is 12.6 Å². The van der Waals surface area contributed by atoms with Crippen LogP contribution in [0.25, 0.3) is 0 Å². The normalized spacial score (nSPS) is 29.9. The Morgan fingerprint density at radius 1 is 0.850 bits per heavy atom. The highest BCUT2D eigenvalue weighted by molar-refractivity contribution is 7.80. The molecule has 3 rings (SSSR count). The molecule has 0 atom stereocenters. The van der Waals surface area contributed by atoms with E-state index in [1.54, 1.807) is 0 Å². The Kier molecular flexibility index (Phi) is 5.33. The van der Waals surface area contributed by atoms with Crippen LogP contribution in [0.15, 0.2) is 0 Å². The van der Waals surface area contributed by atoms with Crippen molar-refractivity contribution in [1.29, 1.82) is 0 Å². The Morgan fingerprint density at radius 3 is 2.10 bits per heavy atom. The topological polar surface area (TPSA) is 6.48 Å². The molecule has 116 valence electrons. The predicted molar refractivity (Wildman–Crippen MR) is 89.6 cm³/mol. The molecule has 0 aromatic rings. The van der Waals surface area contributed by atoms with E-state index in [2.05, 4.69) is 22.4 Å². The summed E-state index contributed by atoms with van der Waals surface area (Å²) in [6.45, 7) is 6.72. The summed E-state index contributed by atoms with van der Waals surface area (Å²) in [6, 6.07) is 0.891. The van der Waals surface area contributed by atoms with Gasteiger partial charge in [-0.25, -0.2) is 0 Å². The molecule has 3 aliphatic rings. The number of piperidine rings is 2. The average molecular weight is 297 g/mol. The molecule has 3 heteroatoms. The van der Waals surface area contributed by atoms with Crippen LogP contribution in [0.4, 0.5) is 0 Å². The van der Waals surface area contributed by atoms with E-state index in [-0.39, 0.29) is 0 Å². The molecule has 1 saturated carbocycles. The number of likely N-dealkylation sites (tertiary alicyclic amines) is 2. The molecular formula is C17H32N2S. The Balaban J connectivity index is 1.46. The highest BCUT2D eigenvalue weighted by Crippen LogP contribution is 2.40. The highest BCUT2D eigenvalue weighted by Gasteiger charge is 2.35. The largest absolute Gasteiger partial charge is 0.303 e. The molecule has 0 amide bonds. The van der Waals surface area contributed by atoms with Crippen molar-refractivity contribution in [2.45, 2.75) is 63.8 Å². The van der Waals surface area contributed by atoms with E-state index >= 15 is 0 Å². The Labute approximate surface area is 130 Å². The second-order valence-corrected chi connectivity index (χ2v) is 7.79. The monoisotopic (exact) mass is 296 g/mol. The molecule has 20 heavy (non-hydrogen) atoms. The third-order valence-electron chi connectivity index (χ3n) is 6.02. The summed E-state index contributed by atoms with van der Waals surface area (Å²) in [5.41, 5.74) is 0.557. The van der Waals surface area contributed by atoms with Crippen molar-refractivity contribution in [3.63, 3.8) is 0 Å². The van der Waals surface area contributed by atoms with E-state index in [0.29, 0.717) is 5.41 Å². The van der Waals surface area contributed by atoms with Gasteiger partial charge in [-0.2, -0.15) is 12.6 Å². The van der Waals surface area contributed by atoms with Crippen molar-refractivity contribution in [2.75, 3.05) is 38.5 Å². The first-order valence-corrected chi connectivity index (χ1v) is 9.52. The quantitative estimate of drug-likeness (QED) is 0.794. The molecule has 2 aliphatic heterocycles. The maximum atomic E-state index is 4.67. The van der Waals surface area contributed by atoms with Crippen LogP contribution < -0.4 is 0 Å². The molecule has 2 saturated heterocycles. The number of nitrogens with zero attached hydrogens (tertiary/aromatic N) is 2. The lowest BCUT2D eigenvalue weighted by atomic mass is 9.87. The third-order valence-corrected chi connectivity index (χ3v) is 6.69. The maximum Gasteiger partial charge on any atom is 0.0120 e. The van der Waals surface area contributed by atoms with Gasteiger partial charge in [0.1, 0.15) is 0 Å². The Hall–Kier alpha value is 0.270. The summed E-state index contributed by atoms with van der Waals surface area (Å²) in [4.78, 5) is 5.53. The van der Waals surface area contributed by atoms with Crippen molar-refractivity contribution in [2.24, 2.45) is 5.41 Å². The first-order valence-electron chi connectivity index (χ1n) is 8.89. The first kappa shape index (κ1) is 15.2. The number of hydrogen-bond donors (Lipinski definition) is 1. The van der Waals surface area contributed by atoms with Crippen LogP contribution in [0, 0.1) is 5.41 Å². The van der Waals surface area contributed by atoms with E-state index in [1.807, 2.05) is 0 Å². The van der Waals surface area contributed by atoms with Crippen molar-refractivity contribution in [3.8, 4) is 0 Å². The summed E-state index contributed by atoms with van der Waals surface area (Å²) in [7, 11) is 0. The molecule has 0 radical (unpaired) electrons. The molecule has 1 aliphatic carbocycles. The molecule has 0 bridgehead atoms. The fourth-order valence-electron chi connectivity index (χ4n) is 4.69. The van der Waals surface area contributed by atoms with Gasteiger partial charge in [-0.15, -0.1) is 0 Å². The zero-order valence-electron chi connectivity index (χ0n) is 13.0. The zero-order chi connectivity index (χ0) is 13.8. The summed E-state index contributed by atoms with van der Waals surface area (Å²) in [6.07, 6.45) is 12.8. The van der Waals surface area contributed by atoms with Gasteiger partial charge in [0.15, 0.2) is 0 Å².